The quantitative estimate of drug-likeness (QED) is 0.0478. The van der Waals surface area contributed by atoms with Crippen LogP contribution in [0, 0.1) is 22.7 Å². The number of hydrogen-bond donors (Lipinski definition) is 9. The maximum Gasteiger partial charge on any atom is 0.508 e. The van der Waals surface area contributed by atoms with Gasteiger partial charge in [0.05, 0.1) is 30.4 Å². The number of aliphatic hydroxyl groups is 3. The number of phosphoric acid groups is 1. The Morgan fingerprint density at radius 1 is 0.625 bits per heavy atom. The Balaban J connectivity index is 0.000000422. The molecule has 2 heterocycles. The molecule has 2 saturated heterocycles. The molecule has 0 aliphatic carbocycles. The Kier molecular flexibility index (Phi) is 24.6. The lowest BCUT2D eigenvalue weighted by molar-refractivity contribution is -0.156. The lowest BCUT2D eigenvalue weighted by Crippen LogP contribution is -2.61. The van der Waals surface area contributed by atoms with Crippen molar-refractivity contribution in [2.24, 2.45) is 22.7 Å². The molecule has 80 heavy (non-hydrogen) atoms. The lowest BCUT2D eigenvalue weighted by atomic mass is 9.66. The highest BCUT2D eigenvalue weighted by Gasteiger charge is 2.52. The highest BCUT2D eigenvalue weighted by Crippen LogP contribution is 2.48. The number of carbonyl (C=O) groups excluding carboxylic acids is 6. The highest BCUT2D eigenvalue weighted by atomic mass is 35.5. The molecule has 2 aliphatic heterocycles. The summed E-state index contributed by atoms with van der Waals surface area (Å²) >= 11 is 12.0. The van der Waals surface area contributed by atoms with Crippen molar-refractivity contribution in [3.63, 3.8) is 0 Å². The fraction of sp³-hybridized carbons (Fsp3) is 0.667. The van der Waals surface area contributed by atoms with E-state index in [0.29, 0.717) is 36.0 Å². The first kappa shape index (κ1) is 69.3. The van der Waals surface area contributed by atoms with E-state index in [9.17, 15) is 48.7 Å². The van der Waals surface area contributed by atoms with Crippen LogP contribution >= 0.6 is 31.0 Å². The SMILES string of the molecule is CC(COC(=O)OC(C)(C)CNC(=O)N[C@@H](C(=O)N1CC[C@](O)(c2ccc(Cl)cc2)C(C)(C)C1)C(C)C)OP(=O)(O)O.CC(O)COC(=O)OC(C)(C)CNC(=O)N[C@@H](C(=O)N1CC[C@](O)(c2ccc(Cl)cc2)C(C)(C)C1)C(C)C. The van der Waals surface area contributed by atoms with Crippen molar-refractivity contribution in [1.29, 1.82) is 0 Å². The van der Waals surface area contributed by atoms with Gasteiger partial charge < -0.3 is 75.1 Å². The minimum absolute atomic E-state index is 0.0352. The number of nitrogens with one attached hydrogen (secondary N) is 4. The number of hydrogen-bond acceptors (Lipinski definition) is 15. The monoisotopic (exact) mass is 1190 g/mol. The van der Waals surface area contributed by atoms with E-state index >= 15 is 0 Å². The summed E-state index contributed by atoms with van der Waals surface area (Å²) in [5, 5.41) is 44.3. The van der Waals surface area contributed by atoms with Crippen molar-refractivity contribution in [2.75, 3.05) is 52.5 Å². The van der Waals surface area contributed by atoms with E-state index in [1.54, 1.807) is 60.0 Å². The minimum atomic E-state index is -4.74. The molecule has 2 fully saturated rings. The molecule has 9 N–H and O–H groups in total. The third-order valence-electron chi connectivity index (χ3n) is 13.9. The van der Waals surface area contributed by atoms with Gasteiger partial charge in [-0.25, -0.2) is 23.7 Å². The Bertz CT molecular complexity index is 2480. The van der Waals surface area contributed by atoms with Crippen LogP contribution in [0.15, 0.2) is 48.5 Å². The summed E-state index contributed by atoms with van der Waals surface area (Å²) in [4.78, 5) is 97.2. The van der Waals surface area contributed by atoms with Crippen LogP contribution in [0.3, 0.4) is 0 Å². The van der Waals surface area contributed by atoms with Crippen molar-refractivity contribution in [3.8, 4) is 0 Å². The van der Waals surface area contributed by atoms with Gasteiger partial charge >= 0.3 is 32.2 Å². The number of likely N-dealkylation sites (tertiary alicyclic amines) is 2. The standard InChI is InChI=1S/C27H43ClN3O10P.C27H42ClN3O7/c1-17(2)21(22(32)31-13-12-27(35,25(4,5)16-31)19-8-10-20(28)11-9-19)30-23(33)29-15-26(6,7)40-24(34)39-14-18(3)41-42(36,37)38;1-17(2)21(30-23(34)29-15-26(6,7)38-24(35)37-14-18(3)32)22(33)31-13-12-27(36,25(4,5)16-31)19-8-10-20(28)11-9-19/h8-11,17-18,21,35H,12-16H2,1-7H3,(H2,29,30,33)(H2,36,37,38);8-11,17-18,21,32,36H,12-16H2,1-7H3,(H2,29,30,34)/t2*18?,21-,27+/m11/s1. The predicted molar refractivity (Wildman–Crippen MR) is 298 cm³/mol. The van der Waals surface area contributed by atoms with Crippen LogP contribution in [0.4, 0.5) is 19.2 Å². The molecule has 6 atom stereocenters. The smallest absolute Gasteiger partial charge is 0.432 e. The summed E-state index contributed by atoms with van der Waals surface area (Å²) in [7, 11) is -4.74. The van der Waals surface area contributed by atoms with Gasteiger partial charge in [-0.05, 0) is 102 Å². The van der Waals surface area contributed by atoms with Crippen LogP contribution in [0.1, 0.15) is 121 Å². The number of phosphoric ester groups is 1. The van der Waals surface area contributed by atoms with E-state index < -0.39 is 96.3 Å². The van der Waals surface area contributed by atoms with Crippen molar-refractivity contribution in [3.05, 3.63) is 69.7 Å². The summed E-state index contributed by atoms with van der Waals surface area (Å²) in [5.41, 5.74) is -4.53. The number of nitrogens with zero attached hydrogens (tertiary/aromatic N) is 2. The largest absolute Gasteiger partial charge is 0.508 e. The van der Waals surface area contributed by atoms with Gasteiger partial charge in [0.25, 0.3) is 0 Å². The first-order valence-corrected chi connectivity index (χ1v) is 28.7. The molecular formula is C54H85Cl2N6O17P. The molecule has 26 heteroatoms. The molecule has 0 spiro atoms. The van der Waals surface area contributed by atoms with E-state index in [1.807, 2.05) is 67.5 Å². The Labute approximate surface area is 479 Å². The molecule has 2 aromatic rings. The summed E-state index contributed by atoms with van der Waals surface area (Å²) < 4.78 is 35.2. The minimum Gasteiger partial charge on any atom is -0.432 e. The molecule has 4 rings (SSSR count). The number of amides is 6. The predicted octanol–water partition coefficient (Wildman–Crippen LogP) is 6.96. The normalized spacial score (nSPS) is 20.6. The van der Waals surface area contributed by atoms with Crippen LogP contribution in [-0.4, -0.2) is 159 Å². The molecule has 6 amide bonds. The molecular weight excluding hydrogens is 1110 g/mol. The molecule has 452 valence electrons. The first-order chi connectivity index (χ1) is 36.6. The van der Waals surface area contributed by atoms with Gasteiger partial charge in [-0.2, -0.15) is 0 Å². The van der Waals surface area contributed by atoms with Crippen LogP contribution in [0.5, 0.6) is 0 Å². The number of carbonyl (C=O) groups is 6. The van der Waals surface area contributed by atoms with Crippen LogP contribution < -0.4 is 21.3 Å². The van der Waals surface area contributed by atoms with Gasteiger partial charge in [0.2, 0.25) is 11.8 Å². The number of aliphatic hydroxyl groups excluding tert-OH is 1. The maximum absolute atomic E-state index is 13.6. The Hall–Kier alpha value is -4.97. The molecule has 23 nitrogen and oxygen atoms in total. The molecule has 0 bridgehead atoms. The number of rotatable bonds is 20. The number of ether oxygens (including phenoxy) is 4. The van der Waals surface area contributed by atoms with Gasteiger partial charge in [0.1, 0.15) is 42.6 Å². The average Bonchev–Trinajstić information content (AvgIpc) is 3.33. The number of benzene rings is 2. The maximum atomic E-state index is 13.6. The molecule has 2 aromatic carbocycles. The van der Waals surface area contributed by atoms with E-state index in [0.717, 1.165) is 11.1 Å². The van der Waals surface area contributed by atoms with Gasteiger partial charge in [0, 0.05) is 47.1 Å². The second kappa shape index (κ2) is 28.3. The topological polar surface area (TPSA) is 321 Å². The van der Waals surface area contributed by atoms with Gasteiger partial charge in [-0.3, -0.25) is 14.1 Å². The van der Waals surface area contributed by atoms with Crippen LogP contribution in [0.25, 0.3) is 0 Å². The summed E-state index contributed by atoms with van der Waals surface area (Å²) in [6, 6.07) is 11.2. The third kappa shape index (κ3) is 20.5. The van der Waals surface area contributed by atoms with Gasteiger partial charge in [-0.15, -0.1) is 0 Å². The van der Waals surface area contributed by atoms with Crippen LogP contribution in [-0.2, 0) is 48.8 Å². The Morgan fingerprint density at radius 2 is 0.963 bits per heavy atom. The molecule has 2 unspecified atom stereocenters. The number of urea groups is 2. The molecule has 2 aliphatic rings. The van der Waals surface area contributed by atoms with Gasteiger partial charge in [0.15, 0.2) is 0 Å². The molecule has 0 aromatic heterocycles. The lowest BCUT2D eigenvalue weighted by Gasteiger charge is -2.51. The van der Waals surface area contributed by atoms with Crippen molar-refractivity contribution in [1.82, 2.24) is 31.1 Å². The average molecular weight is 1190 g/mol. The number of halogens is 2. The summed E-state index contributed by atoms with van der Waals surface area (Å²) in [6.45, 7) is 24.3. The van der Waals surface area contributed by atoms with Crippen LogP contribution in [0.2, 0.25) is 10.0 Å². The van der Waals surface area contributed by atoms with Gasteiger partial charge in [-0.1, -0.05) is 103 Å². The molecule has 0 radical (unpaired) electrons. The zero-order chi connectivity index (χ0) is 61.0. The second-order valence-corrected chi connectivity index (χ2v) is 25.8. The second-order valence-electron chi connectivity index (χ2n) is 23.7. The summed E-state index contributed by atoms with van der Waals surface area (Å²) in [5.74, 6) is -0.969. The zero-order valence-electron chi connectivity index (χ0n) is 48.4. The fourth-order valence-corrected chi connectivity index (χ4v) is 9.94. The van der Waals surface area contributed by atoms with E-state index in [1.165, 1.54) is 27.7 Å². The van der Waals surface area contributed by atoms with Crippen molar-refractivity contribution < 1.29 is 81.9 Å². The zero-order valence-corrected chi connectivity index (χ0v) is 50.8. The van der Waals surface area contributed by atoms with Crippen molar-refractivity contribution >= 4 is 67.2 Å². The number of piperidine rings is 2. The first-order valence-electron chi connectivity index (χ1n) is 26.4. The molecule has 0 saturated carbocycles. The van der Waals surface area contributed by atoms with E-state index in [-0.39, 0.29) is 56.4 Å². The Morgan fingerprint density at radius 3 is 1.26 bits per heavy atom. The van der Waals surface area contributed by atoms with Crippen molar-refractivity contribution in [2.45, 2.75) is 156 Å². The fourth-order valence-electron chi connectivity index (χ4n) is 9.15. The highest BCUT2D eigenvalue weighted by molar-refractivity contribution is 7.46. The third-order valence-corrected chi connectivity index (χ3v) is 15.0. The summed E-state index contributed by atoms with van der Waals surface area (Å²) in [6.07, 6.45) is -3.34. The van der Waals surface area contributed by atoms with E-state index in [4.69, 9.17) is 51.9 Å². The van der Waals surface area contributed by atoms with E-state index in [2.05, 4.69) is 25.8 Å².